The summed E-state index contributed by atoms with van der Waals surface area (Å²) in [6, 6.07) is 3.44. The van der Waals surface area contributed by atoms with Gasteiger partial charge in [-0.1, -0.05) is 25.8 Å². The van der Waals surface area contributed by atoms with Gasteiger partial charge >= 0.3 is 12.0 Å². The maximum atomic E-state index is 12.0. The average molecular weight is 296 g/mol. The molecule has 0 aromatic carbocycles. The van der Waals surface area contributed by atoms with Crippen molar-refractivity contribution in [1.82, 2.24) is 10.6 Å². The number of thiophene rings is 1. The van der Waals surface area contributed by atoms with Crippen LogP contribution in [-0.2, 0) is 11.3 Å². The summed E-state index contributed by atoms with van der Waals surface area (Å²) in [4.78, 5) is 24.6. The lowest BCUT2D eigenvalue weighted by molar-refractivity contribution is -0.148. The molecule has 1 aliphatic rings. The van der Waals surface area contributed by atoms with Crippen molar-refractivity contribution in [3.05, 3.63) is 22.4 Å². The van der Waals surface area contributed by atoms with Gasteiger partial charge in [-0.05, 0) is 30.2 Å². The number of rotatable bonds is 4. The Morgan fingerprint density at radius 2 is 2.30 bits per heavy atom. The second-order valence-electron chi connectivity index (χ2n) is 5.31. The Morgan fingerprint density at radius 3 is 2.90 bits per heavy atom. The first-order chi connectivity index (χ1) is 9.54. The maximum Gasteiger partial charge on any atom is 0.329 e. The van der Waals surface area contributed by atoms with E-state index in [1.165, 1.54) is 0 Å². The van der Waals surface area contributed by atoms with Gasteiger partial charge in [0.15, 0.2) is 0 Å². The van der Waals surface area contributed by atoms with Gasteiger partial charge < -0.3 is 15.7 Å². The Labute approximate surface area is 122 Å². The van der Waals surface area contributed by atoms with E-state index in [4.69, 9.17) is 0 Å². The summed E-state index contributed by atoms with van der Waals surface area (Å²) >= 11 is 1.56. The predicted octanol–water partition coefficient (Wildman–Crippen LogP) is 2.58. The number of carboxylic acid groups (broad SMARTS) is 1. The van der Waals surface area contributed by atoms with Crippen molar-refractivity contribution in [3.8, 4) is 0 Å². The Hall–Kier alpha value is -1.56. The third-order valence-corrected chi connectivity index (χ3v) is 4.90. The van der Waals surface area contributed by atoms with E-state index in [-0.39, 0.29) is 5.92 Å². The molecule has 1 saturated carbocycles. The van der Waals surface area contributed by atoms with Crippen LogP contribution in [0.1, 0.15) is 37.5 Å². The van der Waals surface area contributed by atoms with Crippen molar-refractivity contribution in [3.63, 3.8) is 0 Å². The lowest BCUT2D eigenvalue weighted by Crippen LogP contribution is -2.61. The summed E-state index contributed by atoms with van der Waals surface area (Å²) in [5.41, 5.74) is -1.13. The molecule has 0 bridgehead atoms. The van der Waals surface area contributed by atoms with Crippen molar-refractivity contribution >= 4 is 23.3 Å². The van der Waals surface area contributed by atoms with Crippen LogP contribution >= 0.6 is 11.3 Å². The minimum atomic E-state index is -1.13. The van der Waals surface area contributed by atoms with Crippen LogP contribution in [-0.4, -0.2) is 22.6 Å². The smallest absolute Gasteiger partial charge is 0.329 e. The summed E-state index contributed by atoms with van der Waals surface area (Å²) in [5.74, 6) is -0.989. The molecule has 1 aliphatic carbocycles. The van der Waals surface area contributed by atoms with Gasteiger partial charge in [0.25, 0.3) is 0 Å². The summed E-state index contributed by atoms with van der Waals surface area (Å²) in [5, 5.41) is 16.9. The van der Waals surface area contributed by atoms with Gasteiger partial charge in [0.1, 0.15) is 5.54 Å². The zero-order chi connectivity index (χ0) is 14.6. The van der Waals surface area contributed by atoms with Gasteiger partial charge in [-0.3, -0.25) is 0 Å². The number of hydrogen-bond acceptors (Lipinski definition) is 3. The SMILES string of the molecule is CC1CCCCC1(NC(=O)NCc1cccs1)C(=O)O. The van der Waals surface area contributed by atoms with Gasteiger partial charge in [-0.2, -0.15) is 0 Å². The third kappa shape index (κ3) is 3.12. The molecule has 0 aliphatic heterocycles. The molecular formula is C14H20N2O3S. The topological polar surface area (TPSA) is 78.4 Å². The number of carbonyl (C=O) groups excluding carboxylic acids is 1. The molecule has 6 heteroatoms. The van der Waals surface area contributed by atoms with Gasteiger partial charge in [0.05, 0.1) is 6.54 Å². The summed E-state index contributed by atoms with van der Waals surface area (Å²) in [7, 11) is 0. The van der Waals surface area contributed by atoms with Crippen LogP contribution in [0.15, 0.2) is 17.5 Å². The summed E-state index contributed by atoms with van der Waals surface area (Å²) in [6.45, 7) is 2.32. The Morgan fingerprint density at radius 1 is 1.50 bits per heavy atom. The van der Waals surface area contributed by atoms with E-state index in [1.54, 1.807) is 11.3 Å². The number of nitrogens with one attached hydrogen (secondary N) is 2. The van der Waals surface area contributed by atoms with Gasteiger partial charge in [0, 0.05) is 4.88 Å². The summed E-state index contributed by atoms with van der Waals surface area (Å²) < 4.78 is 0. The minimum absolute atomic E-state index is 0.0544. The van der Waals surface area contributed by atoms with Crippen LogP contribution in [0, 0.1) is 5.92 Å². The number of carboxylic acids is 1. The van der Waals surface area contributed by atoms with E-state index < -0.39 is 17.5 Å². The lowest BCUT2D eigenvalue weighted by Gasteiger charge is -2.39. The molecule has 1 fully saturated rings. The number of amides is 2. The van der Waals surface area contributed by atoms with Crippen LogP contribution in [0.3, 0.4) is 0 Å². The zero-order valence-corrected chi connectivity index (χ0v) is 12.3. The van der Waals surface area contributed by atoms with Gasteiger partial charge in [-0.25, -0.2) is 9.59 Å². The standard InChI is InChI=1S/C14H20N2O3S/c1-10-5-2-3-7-14(10,12(17)18)16-13(19)15-9-11-6-4-8-20-11/h4,6,8,10H,2-3,5,7,9H2,1H3,(H,17,18)(H2,15,16,19). The Kier molecular flexibility index (Phi) is 4.65. The molecule has 1 aromatic rings. The van der Waals surface area contributed by atoms with Gasteiger partial charge in [-0.15, -0.1) is 11.3 Å². The number of hydrogen-bond donors (Lipinski definition) is 3. The highest BCUT2D eigenvalue weighted by Gasteiger charge is 2.46. The molecule has 0 spiro atoms. The Balaban J connectivity index is 1.97. The van der Waals surface area contributed by atoms with Crippen LogP contribution < -0.4 is 10.6 Å². The lowest BCUT2D eigenvalue weighted by atomic mass is 9.73. The van der Waals surface area contributed by atoms with E-state index in [0.29, 0.717) is 13.0 Å². The van der Waals surface area contributed by atoms with Crippen molar-refractivity contribution < 1.29 is 14.7 Å². The molecule has 2 amide bonds. The minimum Gasteiger partial charge on any atom is -0.479 e. The fourth-order valence-electron chi connectivity index (χ4n) is 2.73. The molecule has 110 valence electrons. The first kappa shape index (κ1) is 14.8. The van der Waals surface area contributed by atoms with Crippen molar-refractivity contribution in [2.45, 2.75) is 44.7 Å². The van der Waals surface area contributed by atoms with Crippen LogP contribution in [0.5, 0.6) is 0 Å². The van der Waals surface area contributed by atoms with Crippen molar-refractivity contribution in [1.29, 1.82) is 0 Å². The fourth-order valence-corrected chi connectivity index (χ4v) is 3.38. The molecule has 1 aromatic heterocycles. The van der Waals surface area contributed by atoms with E-state index in [9.17, 15) is 14.7 Å². The first-order valence-electron chi connectivity index (χ1n) is 6.86. The van der Waals surface area contributed by atoms with Crippen LogP contribution in [0.25, 0.3) is 0 Å². The van der Waals surface area contributed by atoms with E-state index in [1.807, 2.05) is 24.4 Å². The predicted molar refractivity (Wildman–Crippen MR) is 77.7 cm³/mol. The van der Waals surface area contributed by atoms with E-state index in [0.717, 1.165) is 24.1 Å². The average Bonchev–Trinajstić information content (AvgIpc) is 2.92. The van der Waals surface area contributed by atoms with Gasteiger partial charge in [0.2, 0.25) is 0 Å². The molecule has 1 heterocycles. The van der Waals surface area contributed by atoms with E-state index >= 15 is 0 Å². The van der Waals surface area contributed by atoms with Crippen LogP contribution in [0.2, 0.25) is 0 Å². The molecule has 0 saturated heterocycles. The normalized spacial score (nSPS) is 25.9. The highest BCUT2D eigenvalue weighted by molar-refractivity contribution is 7.09. The van der Waals surface area contributed by atoms with Crippen molar-refractivity contribution in [2.24, 2.45) is 5.92 Å². The molecule has 20 heavy (non-hydrogen) atoms. The third-order valence-electron chi connectivity index (χ3n) is 4.02. The largest absolute Gasteiger partial charge is 0.479 e. The maximum absolute atomic E-state index is 12.0. The Bertz CT molecular complexity index is 475. The number of carbonyl (C=O) groups is 2. The van der Waals surface area contributed by atoms with Crippen molar-refractivity contribution in [2.75, 3.05) is 0 Å². The molecule has 3 N–H and O–H groups in total. The number of urea groups is 1. The second-order valence-corrected chi connectivity index (χ2v) is 6.34. The molecular weight excluding hydrogens is 276 g/mol. The fraction of sp³-hybridized carbons (Fsp3) is 0.571. The molecule has 2 rings (SSSR count). The molecule has 2 atom stereocenters. The number of aliphatic carboxylic acids is 1. The quantitative estimate of drug-likeness (QED) is 0.799. The molecule has 0 radical (unpaired) electrons. The second kappa shape index (κ2) is 6.26. The van der Waals surface area contributed by atoms with Crippen LogP contribution in [0.4, 0.5) is 4.79 Å². The highest BCUT2D eigenvalue weighted by atomic mass is 32.1. The first-order valence-corrected chi connectivity index (χ1v) is 7.74. The summed E-state index contributed by atoms with van der Waals surface area (Å²) in [6.07, 6.45) is 3.18. The zero-order valence-electron chi connectivity index (χ0n) is 11.5. The highest BCUT2D eigenvalue weighted by Crippen LogP contribution is 2.33. The monoisotopic (exact) mass is 296 g/mol. The molecule has 5 nitrogen and oxygen atoms in total. The molecule has 2 unspecified atom stereocenters. The van der Waals surface area contributed by atoms with E-state index in [2.05, 4.69) is 10.6 Å².